The highest BCUT2D eigenvalue weighted by molar-refractivity contribution is 6.25. The topological polar surface area (TPSA) is 179 Å². The van der Waals surface area contributed by atoms with Gasteiger partial charge in [0.2, 0.25) is 24.3 Å². The van der Waals surface area contributed by atoms with Crippen LogP contribution in [0.4, 0.5) is 5.69 Å². The number of fused-ring (bicyclic) bond motifs is 2. The third kappa shape index (κ3) is 7.82. The van der Waals surface area contributed by atoms with E-state index in [1.54, 1.807) is 18.2 Å². The quantitative estimate of drug-likeness (QED) is 0.141. The van der Waals surface area contributed by atoms with Crippen molar-refractivity contribution in [2.75, 3.05) is 57.7 Å². The SMILES string of the molecule is CCC(CC)C1CC(N[C@H]2CC[C@H](NCC(=O)N3CCN(CCNc4cccc5c4C(=O)N(C4CCC(=O)NC4=O)C5=O)CC3)C2)N2C(CC[N+]2=O)N1. The Morgan fingerprint density at radius 2 is 1.74 bits per heavy atom. The van der Waals surface area contributed by atoms with Crippen molar-refractivity contribution in [3.63, 3.8) is 0 Å². The molecule has 1 aromatic rings. The van der Waals surface area contributed by atoms with Crippen LogP contribution in [0.15, 0.2) is 18.2 Å². The second-order valence-electron chi connectivity index (χ2n) is 15.4. The van der Waals surface area contributed by atoms with E-state index < -0.39 is 29.7 Å². The van der Waals surface area contributed by atoms with Crippen LogP contribution in [0.5, 0.6) is 0 Å². The van der Waals surface area contributed by atoms with E-state index >= 15 is 0 Å². The van der Waals surface area contributed by atoms with E-state index in [1.165, 1.54) is 0 Å². The zero-order chi connectivity index (χ0) is 37.2. The van der Waals surface area contributed by atoms with Crippen molar-refractivity contribution in [2.24, 2.45) is 5.92 Å². The molecule has 1 aliphatic carbocycles. The van der Waals surface area contributed by atoms with Gasteiger partial charge in [0, 0.05) is 75.9 Å². The summed E-state index contributed by atoms with van der Waals surface area (Å²) in [5, 5.41) is 18.6. The Labute approximate surface area is 310 Å². The zero-order valence-electron chi connectivity index (χ0n) is 31.0. The summed E-state index contributed by atoms with van der Waals surface area (Å²) in [7, 11) is 0. The smallest absolute Gasteiger partial charge is 0.264 e. The van der Waals surface area contributed by atoms with Gasteiger partial charge in [-0.15, -0.1) is 5.01 Å². The van der Waals surface area contributed by atoms with Crippen LogP contribution < -0.4 is 26.6 Å². The molecule has 4 saturated heterocycles. The van der Waals surface area contributed by atoms with Crippen LogP contribution >= 0.6 is 0 Å². The number of piperidine rings is 1. The minimum absolute atomic E-state index is 0.0271. The first kappa shape index (κ1) is 37.3. The molecule has 16 heteroatoms. The van der Waals surface area contributed by atoms with Crippen molar-refractivity contribution >= 4 is 35.2 Å². The summed E-state index contributed by atoms with van der Waals surface area (Å²) < 4.78 is 0. The number of anilines is 1. The first-order valence-corrected chi connectivity index (χ1v) is 19.7. The van der Waals surface area contributed by atoms with E-state index in [9.17, 15) is 28.9 Å². The molecule has 6 aliphatic rings. The number of hydrazine groups is 1. The zero-order valence-corrected chi connectivity index (χ0v) is 31.0. The van der Waals surface area contributed by atoms with E-state index in [2.05, 4.69) is 45.3 Å². The summed E-state index contributed by atoms with van der Waals surface area (Å²) in [6.07, 6.45) is 7.27. The Morgan fingerprint density at radius 3 is 2.49 bits per heavy atom. The summed E-state index contributed by atoms with van der Waals surface area (Å²) in [5.41, 5.74) is 1.04. The van der Waals surface area contributed by atoms with Gasteiger partial charge in [0.15, 0.2) is 0 Å². The number of hydrogen-bond acceptors (Lipinski definition) is 11. The number of nitroso groups, excluding NO2 is 1. The highest BCUT2D eigenvalue weighted by atomic mass is 16.3. The third-order valence-corrected chi connectivity index (χ3v) is 12.3. The molecule has 1 aromatic carbocycles. The molecular formula is C37H55N10O6+. The van der Waals surface area contributed by atoms with Crippen LogP contribution in [-0.2, 0) is 14.4 Å². The van der Waals surface area contributed by atoms with Crippen LogP contribution in [0.3, 0.4) is 0 Å². The molecule has 5 fully saturated rings. The van der Waals surface area contributed by atoms with E-state index in [0.29, 0.717) is 63.0 Å². The van der Waals surface area contributed by atoms with Gasteiger partial charge in [-0.2, -0.15) is 0 Å². The summed E-state index contributed by atoms with van der Waals surface area (Å²) in [6, 6.07) is 5.02. The van der Waals surface area contributed by atoms with Gasteiger partial charge in [-0.25, -0.2) is 0 Å². The van der Waals surface area contributed by atoms with Crippen molar-refractivity contribution in [1.29, 1.82) is 0 Å². The lowest BCUT2D eigenvalue weighted by atomic mass is 9.89. The molecular weight excluding hydrogens is 680 g/mol. The largest absolute Gasteiger partial charge is 0.383 e. The maximum absolute atomic E-state index is 13.4. The van der Waals surface area contributed by atoms with Gasteiger partial charge >= 0.3 is 0 Å². The Morgan fingerprint density at radius 1 is 0.962 bits per heavy atom. The Kier molecular flexibility index (Phi) is 11.4. The monoisotopic (exact) mass is 735 g/mol. The summed E-state index contributed by atoms with van der Waals surface area (Å²) in [6.45, 7) is 9.32. The van der Waals surface area contributed by atoms with Gasteiger partial charge in [0.1, 0.15) is 23.2 Å². The van der Waals surface area contributed by atoms with Crippen molar-refractivity contribution in [1.82, 2.24) is 41.0 Å². The molecule has 288 valence electrons. The molecule has 0 spiro atoms. The van der Waals surface area contributed by atoms with E-state index in [4.69, 9.17) is 0 Å². The molecule has 5 amide bonds. The van der Waals surface area contributed by atoms with Crippen LogP contribution in [0.1, 0.15) is 92.4 Å². The average Bonchev–Trinajstić information content (AvgIpc) is 3.84. The first-order valence-electron chi connectivity index (χ1n) is 19.7. The van der Waals surface area contributed by atoms with Gasteiger partial charge < -0.3 is 15.5 Å². The summed E-state index contributed by atoms with van der Waals surface area (Å²) >= 11 is 0. The number of piperazine rings is 1. The lowest BCUT2D eigenvalue weighted by Gasteiger charge is -2.41. The number of hydrogen-bond donors (Lipinski definition) is 5. The van der Waals surface area contributed by atoms with E-state index in [1.807, 2.05) is 9.91 Å². The minimum Gasteiger partial charge on any atom is -0.383 e. The summed E-state index contributed by atoms with van der Waals surface area (Å²) in [4.78, 5) is 82.8. The molecule has 5 N–H and O–H groups in total. The molecule has 0 radical (unpaired) electrons. The Hall–Kier alpha value is -3.99. The second kappa shape index (κ2) is 16.2. The number of amides is 5. The van der Waals surface area contributed by atoms with Crippen LogP contribution in [0.2, 0.25) is 0 Å². The molecule has 6 atom stereocenters. The van der Waals surface area contributed by atoms with Crippen LogP contribution in [-0.4, -0.2) is 143 Å². The number of rotatable bonds is 13. The molecule has 5 aliphatic heterocycles. The fourth-order valence-electron chi connectivity index (χ4n) is 9.33. The molecule has 1 saturated carbocycles. The third-order valence-electron chi connectivity index (χ3n) is 12.3. The van der Waals surface area contributed by atoms with Gasteiger partial charge in [-0.3, -0.25) is 49.7 Å². The Balaban J connectivity index is 0.826. The summed E-state index contributed by atoms with van der Waals surface area (Å²) in [5.74, 6) is -1.39. The predicted octanol–water partition coefficient (Wildman–Crippen LogP) is 0.594. The normalized spacial score (nSPS) is 29.3. The lowest BCUT2D eigenvalue weighted by Crippen LogP contribution is -2.65. The van der Waals surface area contributed by atoms with Crippen molar-refractivity contribution in [3.05, 3.63) is 34.2 Å². The van der Waals surface area contributed by atoms with E-state index in [-0.39, 0.29) is 48.2 Å². The van der Waals surface area contributed by atoms with Crippen molar-refractivity contribution in [2.45, 2.75) is 108 Å². The fourth-order valence-corrected chi connectivity index (χ4v) is 9.33. The fraction of sp³-hybridized carbons (Fsp3) is 0.703. The lowest BCUT2D eigenvalue weighted by molar-refractivity contribution is -0.702. The number of benzene rings is 1. The predicted molar refractivity (Wildman–Crippen MR) is 195 cm³/mol. The first-order chi connectivity index (χ1) is 25.6. The van der Waals surface area contributed by atoms with Crippen LogP contribution in [0.25, 0.3) is 0 Å². The number of carbonyl (C=O) groups is 5. The molecule has 4 unspecified atom stereocenters. The highest BCUT2D eigenvalue weighted by Crippen LogP contribution is 2.33. The molecule has 53 heavy (non-hydrogen) atoms. The number of imide groups is 2. The van der Waals surface area contributed by atoms with Crippen LogP contribution in [0, 0.1) is 10.8 Å². The highest BCUT2D eigenvalue weighted by Gasteiger charge is 2.50. The maximum Gasteiger partial charge on any atom is 0.264 e. The molecule has 16 nitrogen and oxygen atoms in total. The van der Waals surface area contributed by atoms with Crippen molar-refractivity contribution in [3.8, 4) is 0 Å². The number of carbonyl (C=O) groups excluding carboxylic acids is 5. The molecule has 5 heterocycles. The van der Waals surface area contributed by atoms with Gasteiger partial charge in [0.05, 0.1) is 29.0 Å². The van der Waals surface area contributed by atoms with E-state index in [0.717, 1.165) is 67.8 Å². The second-order valence-corrected chi connectivity index (χ2v) is 15.4. The van der Waals surface area contributed by atoms with Gasteiger partial charge in [-0.1, -0.05) is 32.8 Å². The molecule has 7 rings (SSSR count). The molecule has 0 bridgehead atoms. The standard InChI is InChI=1S/C37H54N10O6/c1-3-23(4-2)28-21-31(47-30(41-28)12-14-45(47)53)40-25-9-8-24(20-25)39-22-33(49)44-18-16-43(17-19-44)15-13-38-27-7-5-6-26-34(27)37(52)46(36(26)51)29-10-11-32(48)42-35(29)50/h5-7,23-25,28-31,39-41H,3-4,8-22H2,1-2H3,(H-,38,42,48,50,52)/p+1/t24-,25-,28?,29?,30?,31?/m0/s1. The average molecular weight is 736 g/mol. The molecule has 0 aromatic heterocycles. The Bertz CT molecular complexity index is 1600. The number of nitrogens with one attached hydrogen (secondary N) is 5. The maximum atomic E-state index is 13.4. The minimum atomic E-state index is -1.00. The van der Waals surface area contributed by atoms with Gasteiger partial charge in [-0.05, 0) is 43.7 Å². The number of nitrogens with zero attached hydrogens (tertiary/aromatic N) is 5. The van der Waals surface area contributed by atoms with Gasteiger partial charge in [0.25, 0.3) is 11.8 Å². The van der Waals surface area contributed by atoms with Crippen molar-refractivity contribution < 1.29 is 28.8 Å².